The van der Waals surface area contributed by atoms with Crippen LogP contribution in [0.3, 0.4) is 0 Å². The van der Waals surface area contributed by atoms with Crippen LogP contribution in [0.5, 0.6) is 0 Å². The summed E-state index contributed by atoms with van der Waals surface area (Å²) < 4.78 is 48.4. The Morgan fingerprint density at radius 3 is 2.24 bits per heavy atom. The molecule has 17 heavy (non-hydrogen) atoms. The van der Waals surface area contributed by atoms with Crippen molar-refractivity contribution in [3.05, 3.63) is 29.3 Å². The summed E-state index contributed by atoms with van der Waals surface area (Å²) in [6, 6.07) is 1.12. The molecule has 0 saturated carbocycles. The molecule has 1 aromatic carbocycles. The molecule has 4 nitrogen and oxygen atoms in total. The van der Waals surface area contributed by atoms with Gasteiger partial charge in [0.1, 0.15) is 0 Å². The van der Waals surface area contributed by atoms with Crippen LogP contribution in [-0.2, 0) is 9.05 Å². The molecular weight excluding hydrogens is 276 g/mol. The Hall–Kier alpha value is -1.21. The average molecular weight is 284 g/mol. The van der Waals surface area contributed by atoms with Crippen molar-refractivity contribution >= 4 is 25.6 Å². The second kappa shape index (κ2) is 4.58. The van der Waals surface area contributed by atoms with Crippen molar-refractivity contribution in [3.63, 3.8) is 0 Å². The van der Waals surface area contributed by atoms with E-state index in [1.165, 1.54) is 14.1 Å². The number of carbonyl (C=O) groups is 1. The molecule has 0 aliphatic heterocycles. The zero-order valence-electron chi connectivity index (χ0n) is 8.87. The highest BCUT2D eigenvalue weighted by Crippen LogP contribution is 2.22. The van der Waals surface area contributed by atoms with Crippen LogP contribution in [0.1, 0.15) is 10.4 Å². The van der Waals surface area contributed by atoms with Gasteiger partial charge < -0.3 is 4.90 Å². The summed E-state index contributed by atoms with van der Waals surface area (Å²) in [7, 11) is 3.41. The Balaban J connectivity index is 3.51. The molecule has 1 aromatic rings. The third-order valence-corrected chi connectivity index (χ3v) is 3.25. The van der Waals surface area contributed by atoms with Crippen LogP contribution >= 0.6 is 10.7 Å². The minimum atomic E-state index is -4.23. The van der Waals surface area contributed by atoms with E-state index in [-0.39, 0.29) is 0 Å². The largest absolute Gasteiger partial charge is 0.345 e. The summed E-state index contributed by atoms with van der Waals surface area (Å²) in [4.78, 5) is 11.8. The Morgan fingerprint density at radius 1 is 1.29 bits per heavy atom. The number of nitrogens with zero attached hydrogens (tertiary/aromatic N) is 1. The molecule has 8 heteroatoms. The van der Waals surface area contributed by atoms with Gasteiger partial charge in [0.2, 0.25) is 0 Å². The standard InChI is InChI=1S/C9H8ClF2NO3S/c1-13(2)9(14)6-3-5(17(10,15)16)4-7(11)8(6)12/h3-4H,1-2H3. The summed E-state index contributed by atoms with van der Waals surface area (Å²) in [5.74, 6) is -3.71. The molecule has 0 aromatic heterocycles. The Kier molecular flexibility index (Phi) is 3.73. The fourth-order valence-electron chi connectivity index (χ4n) is 1.10. The molecule has 0 bridgehead atoms. The number of halogens is 3. The lowest BCUT2D eigenvalue weighted by Gasteiger charge is -2.11. The van der Waals surface area contributed by atoms with E-state index in [0.29, 0.717) is 12.1 Å². The molecule has 0 spiro atoms. The second-order valence-corrected chi connectivity index (χ2v) is 5.97. The maximum Gasteiger partial charge on any atom is 0.261 e. The molecule has 0 radical (unpaired) electrons. The summed E-state index contributed by atoms with van der Waals surface area (Å²) in [5, 5.41) is 0. The fourth-order valence-corrected chi connectivity index (χ4v) is 1.87. The fraction of sp³-hybridized carbons (Fsp3) is 0.222. The number of benzene rings is 1. The Labute approximate surface area is 101 Å². The van der Waals surface area contributed by atoms with E-state index in [0.717, 1.165) is 4.90 Å². The van der Waals surface area contributed by atoms with Gasteiger partial charge >= 0.3 is 0 Å². The lowest BCUT2D eigenvalue weighted by atomic mass is 10.2. The first-order chi connectivity index (χ1) is 7.64. The molecule has 0 aliphatic carbocycles. The zero-order valence-corrected chi connectivity index (χ0v) is 10.4. The number of rotatable bonds is 2. The molecule has 0 aliphatic rings. The Morgan fingerprint density at radius 2 is 1.82 bits per heavy atom. The van der Waals surface area contributed by atoms with E-state index < -0.39 is 37.1 Å². The van der Waals surface area contributed by atoms with Gasteiger partial charge in [-0.2, -0.15) is 0 Å². The number of amides is 1. The normalized spacial score (nSPS) is 11.4. The first-order valence-electron chi connectivity index (χ1n) is 4.30. The Bertz CT molecular complexity index is 572. The third kappa shape index (κ3) is 2.92. The van der Waals surface area contributed by atoms with Crippen LogP contribution in [0.2, 0.25) is 0 Å². The van der Waals surface area contributed by atoms with Gasteiger partial charge in [-0.25, -0.2) is 17.2 Å². The van der Waals surface area contributed by atoms with Crippen molar-refractivity contribution in [1.29, 1.82) is 0 Å². The topological polar surface area (TPSA) is 54.5 Å². The monoisotopic (exact) mass is 283 g/mol. The molecule has 0 N–H and O–H groups in total. The van der Waals surface area contributed by atoms with Gasteiger partial charge in [0, 0.05) is 24.8 Å². The molecule has 1 rings (SSSR count). The molecule has 0 unspecified atom stereocenters. The van der Waals surface area contributed by atoms with Gasteiger partial charge in [0.25, 0.3) is 15.0 Å². The number of hydrogen-bond acceptors (Lipinski definition) is 3. The summed E-state index contributed by atoms with van der Waals surface area (Å²) in [6.45, 7) is 0. The first-order valence-corrected chi connectivity index (χ1v) is 6.61. The predicted octanol–water partition coefficient (Wildman–Crippen LogP) is 1.59. The third-order valence-electron chi connectivity index (χ3n) is 1.92. The van der Waals surface area contributed by atoms with Crippen LogP contribution in [0.15, 0.2) is 17.0 Å². The van der Waals surface area contributed by atoms with Gasteiger partial charge in [-0.15, -0.1) is 0 Å². The van der Waals surface area contributed by atoms with Crippen molar-refractivity contribution in [2.45, 2.75) is 4.90 Å². The van der Waals surface area contributed by atoms with Crippen molar-refractivity contribution in [2.75, 3.05) is 14.1 Å². The highest BCUT2D eigenvalue weighted by atomic mass is 35.7. The molecule has 0 saturated heterocycles. The molecule has 0 fully saturated rings. The molecule has 1 amide bonds. The van der Waals surface area contributed by atoms with Gasteiger partial charge in [-0.1, -0.05) is 0 Å². The van der Waals surface area contributed by atoms with Crippen molar-refractivity contribution < 1.29 is 22.0 Å². The van der Waals surface area contributed by atoms with Crippen molar-refractivity contribution in [2.24, 2.45) is 0 Å². The number of carbonyl (C=O) groups excluding carboxylic acids is 1. The highest BCUT2D eigenvalue weighted by Gasteiger charge is 2.22. The van der Waals surface area contributed by atoms with E-state index in [2.05, 4.69) is 0 Å². The summed E-state index contributed by atoms with van der Waals surface area (Å²) in [6.07, 6.45) is 0. The minimum absolute atomic E-state index is 0.421. The van der Waals surface area contributed by atoms with Crippen LogP contribution in [0.4, 0.5) is 8.78 Å². The van der Waals surface area contributed by atoms with Crippen LogP contribution in [-0.4, -0.2) is 33.3 Å². The quantitative estimate of drug-likeness (QED) is 0.775. The van der Waals surface area contributed by atoms with Crippen molar-refractivity contribution in [1.82, 2.24) is 4.90 Å². The van der Waals surface area contributed by atoms with Gasteiger partial charge in [0.15, 0.2) is 11.6 Å². The molecule has 0 heterocycles. The highest BCUT2D eigenvalue weighted by molar-refractivity contribution is 8.13. The van der Waals surface area contributed by atoms with E-state index in [1.54, 1.807) is 0 Å². The summed E-state index contributed by atoms with van der Waals surface area (Å²) in [5.41, 5.74) is -0.686. The van der Waals surface area contributed by atoms with Gasteiger partial charge in [0.05, 0.1) is 10.5 Å². The SMILES string of the molecule is CN(C)C(=O)c1cc(S(=O)(=O)Cl)cc(F)c1F. The maximum absolute atomic E-state index is 13.3. The molecule has 0 atom stereocenters. The lowest BCUT2D eigenvalue weighted by molar-refractivity contribution is 0.0821. The van der Waals surface area contributed by atoms with E-state index in [9.17, 15) is 22.0 Å². The average Bonchev–Trinajstić information content (AvgIpc) is 2.19. The van der Waals surface area contributed by atoms with Gasteiger partial charge in [-0.05, 0) is 12.1 Å². The molecular formula is C9H8ClF2NO3S. The van der Waals surface area contributed by atoms with E-state index in [4.69, 9.17) is 10.7 Å². The van der Waals surface area contributed by atoms with Crippen LogP contribution in [0.25, 0.3) is 0 Å². The van der Waals surface area contributed by atoms with Crippen LogP contribution in [0, 0.1) is 11.6 Å². The minimum Gasteiger partial charge on any atom is -0.345 e. The number of hydrogen-bond donors (Lipinski definition) is 0. The zero-order chi connectivity index (χ0) is 13.4. The van der Waals surface area contributed by atoms with E-state index >= 15 is 0 Å². The molecule has 94 valence electrons. The van der Waals surface area contributed by atoms with Crippen LogP contribution < -0.4 is 0 Å². The first kappa shape index (κ1) is 13.9. The predicted molar refractivity (Wildman–Crippen MR) is 57.4 cm³/mol. The maximum atomic E-state index is 13.3. The van der Waals surface area contributed by atoms with E-state index in [1.807, 2.05) is 0 Å². The van der Waals surface area contributed by atoms with Crippen molar-refractivity contribution in [3.8, 4) is 0 Å². The lowest BCUT2D eigenvalue weighted by Crippen LogP contribution is -2.23. The van der Waals surface area contributed by atoms with Gasteiger partial charge in [-0.3, -0.25) is 4.79 Å². The second-order valence-electron chi connectivity index (χ2n) is 3.40. The summed E-state index contributed by atoms with van der Waals surface area (Å²) >= 11 is 0. The smallest absolute Gasteiger partial charge is 0.261 e.